The molecule has 0 aliphatic carbocycles. The van der Waals surface area contributed by atoms with E-state index in [2.05, 4.69) is 4.98 Å². The topological polar surface area (TPSA) is 99.4 Å². The molecule has 9 heteroatoms. The Morgan fingerprint density at radius 3 is 2.50 bits per heavy atom. The highest BCUT2D eigenvalue weighted by atomic mass is 31.2. The van der Waals surface area contributed by atoms with Crippen molar-refractivity contribution in [3.8, 4) is 0 Å². The maximum absolute atomic E-state index is 12.8. The van der Waals surface area contributed by atoms with Crippen LogP contribution in [0, 0.1) is 0 Å². The number of carbonyl (C=O) groups excluding carboxylic acids is 1. The van der Waals surface area contributed by atoms with Crippen LogP contribution >= 0.6 is 7.60 Å². The summed E-state index contributed by atoms with van der Waals surface area (Å²) >= 11 is 0. The van der Waals surface area contributed by atoms with Crippen molar-refractivity contribution in [3.05, 3.63) is 35.8 Å². The second kappa shape index (κ2) is 7.90. The second-order valence-electron chi connectivity index (χ2n) is 4.76. The van der Waals surface area contributed by atoms with Gasteiger partial charge in [0.25, 0.3) is 0 Å². The number of aromatic nitrogens is 2. The average Bonchev–Trinajstić information content (AvgIpc) is 2.99. The number of hydrogen-bond donors (Lipinski definition) is 1. The van der Waals surface area contributed by atoms with Gasteiger partial charge in [-0.25, -0.2) is 9.78 Å². The first kappa shape index (κ1) is 18.6. The number of nitrogens with zero attached hydrogens (tertiary/aromatic N) is 2. The number of fused-ring (bicyclic) bond motifs is 1. The quantitative estimate of drug-likeness (QED) is 0.573. The Bertz CT molecular complexity index is 750. The molecule has 1 unspecified atom stereocenters. The number of rotatable bonds is 8. The first-order valence-corrected chi connectivity index (χ1v) is 9.30. The van der Waals surface area contributed by atoms with Crippen LogP contribution in [-0.2, 0) is 18.3 Å². The summed E-state index contributed by atoms with van der Waals surface area (Å²) in [6, 6.07) is 4.83. The highest BCUT2D eigenvalue weighted by Gasteiger charge is 2.37. The summed E-state index contributed by atoms with van der Waals surface area (Å²) in [5, 5.41) is 10.6. The van der Waals surface area contributed by atoms with Gasteiger partial charge in [0.05, 0.1) is 31.7 Å². The third-order valence-corrected chi connectivity index (χ3v) is 5.33. The Kier molecular flexibility index (Phi) is 6.12. The predicted octanol–water partition coefficient (Wildman–Crippen LogP) is 2.77. The summed E-state index contributed by atoms with van der Waals surface area (Å²) < 4.78 is 29.6. The van der Waals surface area contributed by atoms with Crippen molar-refractivity contribution >= 4 is 19.2 Å². The van der Waals surface area contributed by atoms with Crippen LogP contribution in [0.4, 0.5) is 0 Å². The van der Waals surface area contributed by atoms with Gasteiger partial charge in [-0.2, -0.15) is 0 Å². The number of hydrogen-bond acceptors (Lipinski definition) is 7. The molecule has 2 aromatic heterocycles. The van der Waals surface area contributed by atoms with Gasteiger partial charge in [0.15, 0.2) is 11.5 Å². The van der Waals surface area contributed by atoms with Crippen molar-refractivity contribution in [1.82, 2.24) is 9.38 Å². The van der Waals surface area contributed by atoms with Crippen LogP contribution in [0.2, 0.25) is 0 Å². The molecular formula is C15H21N2O6P. The monoisotopic (exact) mass is 356 g/mol. The molecule has 2 aromatic rings. The zero-order valence-corrected chi connectivity index (χ0v) is 14.7. The lowest BCUT2D eigenvalue weighted by Crippen LogP contribution is -2.14. The van der Waals surface area contributed by atoms with Crippen LogP contribution in [0.25, 0.3) is 5.65 Å². The van der Waals surface area contributed by atoms with Gasteiger partial charge < -0.3 is 18.9 Å². The summed E-state index contributed by atoms with van der Waals surface area (Å²) in [7, 11) is -3.82. The molecule has 1 N–H and O–H groups in total. The molecule has 0 spiro atoms. The van der Waals surface area contributed by atoms with E-state index in [1.165, 1.54) is 16.7 Å². The van der Waals surface area contributed by atoms with E-state index in [1.54, 1.807) is 32.9 Å². The Morgan fingerprint density at radius 1 is 1.25 bits per heavy atom. The Labute approximate surface area is 139 Å². The van der Waals surface area contributed by atoms with Gasteiger partial charge in [-0.05, 0) is 32.9 Å². The van der Waals surface area contributed by atoms with Gasteiger partial charge in [-0.15, -0.1) is 0 Å². The zero-order valence-electron chi connectivity index (χ0n) is 13.8. The summed E-state index contributed by atoms with van der Waals surface area (Å²) in [6.45, 7) is 5.42. The molecular weight excluding hydrogens is 335 g/mol. The van der Waals surface area contributed by atoms with Crippen LogP contribution in [0.5, 0.6) is 0 Å². The molecule has 0 bridgehead atoms. The summed E-state index contributed by atoms with van der Waals surface area (Å²) in [6.07, 6.45) is 1.34. The van der Waals surface area contributed by atoms with Gasteiger partial charge in [0.1, 0.15) is 5.65 Å². The van der Waals surface area contributed by atoms with Crippen LogP contribution in [0.1, 0.15) is 42.8 Å². The van der Waals surface area contributed by atoms with Crippen LogP contribution in [0.3, 0.4) is 0 Å². The van der Waals surface area contributed by atoms with Crippen molar-refractivity contribution < 1.29 is 28.3 Å². The number of pyridine rings is 1. The van der Waals surface area contributed by atoms with E-state index in [1.807, 2.05) is 0 Å². The van der Waals surface area contributed by atoms with E-state index < -0.39 is 19.4 Å². The van der Waals surface area contributed by atoms with Gasteiger partial charge in [-0.3, -0.25) is 8.97 Å². The molecule has 24 heavy (non-hydrogen) atoms. The Morgan fingerprint density at radius 2 is 1.92 bits per heavy atom. The molecule has 0 saturated carbocycles. The van der Waals surface area contributed by atoms with Gasteiger partial charge in [-0.1, -0.05) is 6.07 Å². The van der Waals surface area contributed by atoms with Crippen molar-refractivity contribution in [2.75, 3.05) is 19.8 Å². The lowest BCUT2D eigenvalue weighted by Gasteiger charge is -2.23. The smallest absolute Gasteiger partial charge is 0.364 e. The molecule has 0 radical (unpaired) electrons. The largest absolute Gasteiger partial charge is 0.461 e. The fourth-order valence-electron chi connectivity index (χ4n) is 2.31. The number of aliphatic hydroxyl groups is 1. The number of imidazole rings is 1. The number of carbonyl (C=O) groups is 1. The van der Waals surface area contributed by atoms with Crippen molar-refractivity contribution in [2.24, 2.45) is 0 Å². The molecule has 8 nitrogen and oxygen atoms in total. The van der Waals surface area contributed by atoms with E-state index in [0.29, 0.717) is 5.65 Å². The molecule has 2 heterocycles. The van der Waals surface area contributed by atoms with Crippen LogP contribution in [-0.4, -0.2) is 40.3 Å². The highest BCUT2D eigenvalue weighted by molar-refractivity contribution is 7.54. The molecule has 0 amide bonds. The third-order valence-electron chi connectivity index (χ3n) is 3.23. The Balaban J connectivity index is 2.57. The predicted molar refractivity (Wildman–Crippen MR) is 87.0 cm³/mol. The van der Waals surface area contributed by atoms with Gasteiger partial charge >= 0.3 is 13.6 Å². The number of ether oxygens (including phenoxy) is 1. The van der Waals surface area contributed by atoms with E-state index in [0.717, 1.165) is 0 Å². The van der Waals surface area contributed by atoms with E-state index in [4.69, 9.17) is 13.8 Å². The van der Waals surface area contributed by atoms with E-state index in [9.17, 15) is 14.5 Å². The fourth-order valence-corrected chi connectivity index (χ4v) is 3.92. The lowest BCUT2D eigenvalue weighted by atomic mass is 10.3. The standard InChI is InChI=1S/C15H21N2O6P/c1-4-21-14(18)12-10-16-13-9-7-8-11(17(12)13)15(19)24(20,22-5-2)23-6-3/h7-10,15,19H,4-6H2,1-3H3. The first-order chi connectivity index (χ1) is 11.5. The van der Waals surface area contributed by atoms with E-state index in [-0.39, 0.29) is 31.2 Å². The van der Waals surface area contributed by atoms with E-state index >= 15 is 0 Å². The van der Waals surface area contributed by atoms with Crippen molar-refractivity contribution in [1.29, 1.82) is 0 Å². The van der Waals surface area contributed by atoms with Crippen molar-refractivity contribution in [3.63, 3.8) is 0 Å². The molecule has 0 aliphatic heterocycles. The molecule has 132 valence electrons. The minimum atomic E-state index is -3.82. The molecule has 0 aromatic carbocycles. The molecule has 0 saturated heterocycles. The number of aliphatic hydroxyl groups excluding tert-OH is 1. The second-order valence-corrected chi connectivity index (χ2v) is 6.84. The van der Waals surface area contributed by atoms with Gasteiger partial charge in [0.2, 0.25) is 0 Å². The molecule has 0 aliphatic rings. The summed E-state index contributed by atoms with van der Waals surface area (Å²) in [5.74, 6) is -2.16. The van der Waals surface area contributed by atoms with Crippen LogP contribution < -0.4 is 0 Å². The third kappa shape index (κ3) is 3.52. The first-order valence-electron chi connectivity index (χ1n) is 7.68. The summed E-state index contributed by atoms with van der Waals surface area (Å²) in [5.41, 5.74) is 0.716. The van der Waals surface area contributed by atoms with Gasteiger partial charge in [0, 0.05) is 0 Å². The minimum absolute atomic E-state index is 0.110. The maximum Gasteiger partial charge on any atom is 0.364 e. The SMILES string of the molecule is CCOC(=O)c1cnc2cccc(C(O)P(=O)(OCC)OCC)n12. The highest BCUT2D eigenvalue weighted by Crippen LogP contribution is 2.59. The molecule has 2 rings (SSSR count). The normalized spacial score (nSPS) is 13.2. The number of esters is 1. The molecule has 1 atom stereocenters. The lowest BCUT2D eigenvalue weighted by molar-refractivity contribution is 0.0517. The zero-order chi connectivity index (χ0) is 17.7. The maximum atomic E-state index is 12.8. The summed E-state index contributed by atoms with van der Waals surface area (Å²) in [4.78, 5) is 16.2. The Hall–Kier alpha value is -1.73. The van der Waals surface area contributed by atoms with Crippen LogP contribution in [0.15, 0.2) is 24.4 Å². The fraction of sp³-hybridized carbons (Fsp3) is 0.467. The molecule has 0 fully saturated rings. The minimum Gasteiger partial charge on any atom is -0.461 e. The van der Waals surface area contributed by atoms with Crippen molar-refractivity contribution in [2.45, 2.75) is 26.6 Å². The average molecular weight is 356 g/mol.